The predicted octanol–water partition coefficient (Wildman–Crippen LogP) is 2.45. The molecule has 2 rings (SSSR count). The second-order valence-corrected chi connectivity index (χ2v) is 5.74. The van der Waals surface area contributed by atoms with Crippen molar-refractivity contribution < 1.29 is 29.6 Å². The van der Waals surface area contributed by atoms with Crippen LogP contribution in [0.15, 0.2) is 30.3 Å². The van der Waals surface area contributed by atoms with Gasteiger partial charge >= 0.3 is 0 Å². The number of aliphatic hydroxyl groups excluding tert-OH is 1. The van der Waals surface area contributed by atoms with Crippen molar-refractivity contribution >= 4 is 5.78 Å². The van der Waals surface area contributed by atoms with Gasteiger partial charge in [-0.15, -0.1) is 0 Å². The lowest BCUT2D eigenvalue weighted by atomic mass is 9.90. The maximum absolute atomic E-state index is 13.0. The van der Waals surface area contributed by atoms with Crippen LogP contribution in [0.4, 0.5) is 0 Å². The van der Waals surface area contributed by atoms with Crippen LogP contribution in [-0.4, -0.2) is 48.0 Å². The van der Waals surface area contributed by atoms with Crippen LogP contribution in [0.5, 0.6) is 17.2 Å². The van der Waals surface area contributed by atoms with Crippen molar-refractivity contribution in [3.8, 4) is 17.2 Å². The number of hydrogen-bond donors (Lipinski definition) is 3. The molecule has 3 N–H and O–H groups in total. The molecule has 0 unspecified atom stereocenters. The van der Waals surface area contributed by atoms with Gasteiger partial charge in [-0.2, -0.15) is 0 Å². The molecule has 0 aromatic heterocycles. The fraction of sp³-hybridized carbons (Fsp3) is 0.350. The van der Waals surface area contributed by atoms with E-state index in [-0.39, 0.29) is 42.7 Å². The van der Waals surface area contributed by atoms with Gasteiger partial charge in [0.2, 0.25) is 0 Å². The molecule has 6 heteroatoms. The number of carbonyl (C=O) groups is 1. The molecule has 2 aromatic rings. The van der Waals surface area contributed by atoms with E-state index in [1.54, 1.807) is 31.4 Å². The monoisotopic (exact) mass is 360 g/mol. The van der Waals surface area contributed by atoms with E-state index in [1.807, 2.05) is 6.92 Å². The number of rotatable bonds is 9. The fourth-order valence-corrected chi connectivity index (χ4v) is 2.90. The molecule has 0 amide bonds. The zero-order valence-corrected chi connectivity index (χ0v) is 15.0. The third-order valence-corrected chi connectivity index (χ3v) is 4.17. The summed E-state index contributed by atoms with van der Waals surface area (Å²) in [4.78, 5) is 13.0. The van der Waals surface area contributed by atoms with Gasteiger partial charge in [-0.3, -0.25) is 4.79 Å². The van der Waals surface area contributed by atoms with E-state index in [2.05, 4.69) is 0 Å². The second kappa shape index (κ2) is 9.22. The molecule has 0 bridgehead atoms. The molecule has 0 heterocycles. The molecule has 0 spiro atoms. The number of benzene rings is 2. The largest absolute Gasteiger partial charge is 0.508 e. The number of carbonyl (C=O) groups excluding carboxylic acids is 1. The van der Waals surface area contributed by atoms with E-state index in [4.69, 9.17) is 14.6 Å². The van der Waals surface area contributed by atoms with Gasteiger partial charge in [0.25, 0.3) is 0 Å². The molecule has 0 aliphatic rings. The smallest absolute Gasteiger partial charge is 0.197 e. The van der Waals surface area contributed by atoms with Crippen LogP contribution in [0.1, 0.15) is 34.0 Å². The fourth-order valence-electron chi connectivity index (χ4n) is 2.90. The first-order chi connectivity index (χ1) is 12.5. The van der Waals surface area contributed by atoms with Crippen molar-refractivity contribution in [2.24, 2.45) is 0 Å². The summed E-state index contributed by atoms with van der Waals surface area (Å²) in [6.07, 6.45) is 0.840. The summed E-state index contributed by atoms with van der Waals surface area (Å²) in [7, 11) is 1.54. The summed E-state index contributed by atoms with van der Waals surface area (Å²) in [5.41, 5.74) is 1.74. The van der Waals surface area contributed by atoms with Crippen molar-refractivity contribution in [3.63, 3.8) is 0 Å². The molecule has 0 saturated heterocycles. The van der Waals surface area contributed by atoms with Crippen molar-refractivity contribution in [2.45, 2.75) is 19.8 Å². The van der Waals surface area contributed by atoms with Crippen LogP contribution < -0.4 is 4.74 Å². The minimum Gasteiger partial charge on any atom is -0.508 e. The molecule has 0 aliphatic heterocycles. The van der Waals surface area contributed by atoms with Crippen LogP contribution in [0.25, 0.3) is 0 Å². The lowest BCUT2D eigenvalue weighted by Gasteiger charge is -2.17. The molecule has 0 radical (unpaired) electrons. The van der Waals surface area contributed by atoms with Crippen LogP contribution >= 0.6 is 0 Å². The summed E-state index contributed by atoms with van der Waals surface area (Å²) in [5.74, 6) is -0.0218. The van der Waals surface area contributed by atoms with Crippen LogP contribution in [0, 0.1) is 0 Å². The van der Waals surface area contributed by atoms with Gasteiger partial charge in [-0.1, -0.05) is 6.92 Å². The van der Waals surface area contributed by atoms with E-state index in [9.17, 15) is 15.0 Å². The Kier molecular flexibility index (Phi) is 7.00. The van der Waals surface area contributed by atoms with E-state index < -0.39 is 0 Å². The minimum atomic E-state index is -0.336. The highest BCUT2D eigenvalue weighted by atomic mass is 16.5. The number of phenolic OH excluding ortho intramolecular Hbond substituents is 2. The standard InChI is InChI=1S/C20H24O6/c1-3-15-16(8-10-26-11-9-21)19(18(23)12-17(15)22)20(24)13-4-6-14(25-2)7-5-13/h4-7,12,21-23H,3,8-11H2,1-2H3. The highest BCUT2D eigenvalue weighted by Crippen LogP contribution is 2.35. The first kappa shape index (κ1) is 19.8. The van der Waals surface area contributed by atoms with Gasteiger partial charge in [-0.25, -0.2) is 0 Å². The normalized spacial score (nSPS) is 10.7. The van der Waals surface area contributed by atoms with E-state index >= 15 is 0 Å². The van der Waals surface area contributed by atoms with Crippen LogP contribution in [0.2, 0.25) is 0 Å². The maximum atomic E-state index is 13.0. The Morgan fingerprint density at radius 1 is 1.04 bits per heavy atom. The van der Waals surface area contributed by atoms with Gasteiger partial charge in [0.05, 0.1) is 32.5 Å². The summed E-state index contributed by atoms with van der Waals surface area (Å²) in [5, 5.41) is 29.3. The number of ether oxygens (including phenoxy) is 2. The number of aromatic hydroxyl groups is 2. The van der Waals surface area contributed by atoms with E-state index in [0.29, 0.717) is 35.3 Å². The van der Waals surface area contributed by atoms with Crippen molar-refractivity contribution in [3.05, 3.63) is 52.6 Å². The Morgan fingerprint density at radius 3 is 2.31 bits per heavy atom. The quantitative estimate of drug-likeness (QED) is 0.470. The summed E-state index contributed by atoms with van der Waals surface area (Å²) in [6, 6.07) is 7.81. The molecule has 140 valence electrons. The van der Waals surface area contributed by atoms with E-state index in [0.717, 1.165) is 0 Å². The maximum Gasteiger partial charge on any atom is 0.197 e. The molecule has 0 fully saturated rings. The van der Waals surface area contributed by atoms with Gasteiger partial charge < -0.3 is 24.8 Å². The highest BCUT2D eigenvalue weighted by Gasteiger charge is 2.23. The second-order valence-electron chi connectivity index (χ2n) is 5.74. The average Bonchev–Trinajstić information content (AvgIpc) is 2.64. The summed E-state index contributed by atoms with van der Waals surface area (Å²) in [6.45, 7) is 2.22. The van der Waals surface area contributed by atoms with Crippen molar-refractivity contribution in [1.82, 2.24) is 0 Å². The number of aliphatic hydroxyl groups is 1. The zero-order chi connectivity index (χ0) is 19.1. The molecule has 0 aliphatic carbocycles. The lowest BCUT2D eigenvalue weighted by molar-refractivity contribution is 0.0937. The minimum absolute atomic E-state index is 0.0477. The molecule has 0 saturated carbocycles. The van der Waals surface area contributed by atoms with Crippen molar-refractivity contribution in [1.29, 1.82) is 0 Å². The van der Waals surface area contributed by atoms with Gasteiger partial charge in [-0.05, 0) is 48.2 Å². The first-order valence-electron chi connectivity index (χ1n) is 8.47. The zero-order valence-electron chi connectivity index (χ0n) is 15.0. The Bertz CT molecular complexity index is 752. The third kappa shape index (κ3) is 4.33. The third-order valence-electron chi connectivity index (χ3n) is 4.17. The summed E-state index contributed by atoms with van der Waals surface area (Å²) < 4.78 is 10.4. The Balaban J connectivity index is 2.45. The molecular formula is C20H24O6. The number of phenols is 2. The molecule has 26 heavy (non-hydrogen) atoms. The Hall–Kier alpha value is -2.57. The SMILES string of the molecule is CCc1c(O)cc(O)c(C(=O)c2ccc(OC)cc2)c1CCOCCO. The van der Waals surface area contributed by atoms with Crippen LogP contribution in [0.3, 0.4) is 0 Å². The number of ketones is 1. The van der Waals surface area contributed by atoms with E-state index in [1.165, 1.54) is 6.07 Å². The Morgan fingerprint density at radius 2 is 1.73 bits per heavy atom. The average molecular weight is 360 g/mol. The first-order valence-corrected chi connectivity index (χ1v) is 8.47. The van der Waals surface area contributed by atoms with Crippen molar-refractivity contribution in [2.75, 3.05) is 26.9 Å². The topological polar surface area (TPSA) is 96.2 Å². The predicted molar refractivity (Wildman–Crippen MR) is 97.2 cm³/mol. The molecule has 2 aromatic carbocycles. The molecule has 0 atom stereocenters. The summed E-state index contributed by atoms with van der Waals surface area (Å²) >= 11 is 0. The highest BCUT2D eigenvalue weighted by molar-refractivity contribution is 6.12. The van der Waals surface area contributed by atoms with Gasteiger partial charge in [0.15, 0.2) is 5.78 Å². The number of hydrogen-bond acceptors (Lipinski definition) is 6. The van der Waals surface area contributed by atoms with Gasteiger partial charge in [0.1, 0.15) is 17.2 Å². The van der Waals surface area contributed by atoms with Crippen LogP contribution in [-0.2, 0) is 17.6 Å². The molecule has 6 nitrogen and oxygen atoms in total. The number of methoxy groups -OCH3 is 1. The lowest BCUT2D eigenvalue weighted by Crippen LogP contribution is -2.12. The van der Waals surface area contributed by atoms with Gasteiger partial charge in [0, 0.05) is 11.6 Å². The molecular weight excluding hydrogens is 336 g/mol. The Labute approximate surface area is 152 Å².